The molecule has 0 atom stereocenters. The Hall–Kier alpha value is -1.59. The number of benzene rings is 1. The van der Waals surface area contributed by atoms with Gasteiger partial charge in [-0.1, -0.05) is 30.3 Å². The van der Waals surface area contributed by atoms with Gasteiger partial charge >= 0.3 is 0 Å². The minimum absolute atomic E-state index is 0.0221. The molecule has 0 amide bonds. The lowest BCUT2D eigenvalue weighted by atomic mass is 10.2. The van der Waals surface area contributed by atoms with Gasteiger partial charge in [0.2, 0.25) is 0 Å². The highest BCUT2D eigenvalue weighted by Crippen LogP contribution is 2.34. The minimum atomic E-state index is -0.701. The number of carbonyl (C=O) groups is 1. The Labute approximate surface area is 129 Å². The van der Waals surface area contributed by atoms with Crippen LogP contribution in [0.1, 0.15) is 16.1 Å². The molecule has 0 spiro atoms. The van der Waals surface area contributed by atoms with E-state index in [4.69, 9.17) is 21.1 Å². The smallest absolute Gasteiger partial charge is 0.274 e. The van der Waals surface area contributed by atoms with Crippen molar-refractivity contribution in [3.05, 3.63) is 52.3 Å². The second-order valence-electron chi connectivity index (χ2n) is 3.87. The summed E-state index contributed by atoms with van der Waals surface area (Å²) in [6.45, 7) is 0.289. The number of pyridine rings is 1. The average Bonchev–Trinajstić information content (AvgIpc) is 2.46. The summed E-state index contributed by atoms with van der Waals surface area (Å²) >= 11 is 8.73. The largest absolute Gasteiger partial charge is 0.493 e. The number of hydrogen-bond donors (Lipinski definition) is 0. The normalized spacial score (nSPS) is 10.2. The average molecular weight is 357 g/mol. The fourth-order valence-corrected chi connectivity index (χ4v) is 2.15. The van der Waals surface area contributed by atoms with Crippen LogP contribution in [0.3, 0.4) is 0 Å². The van der Waals surface area contributed by atoms with E-state index in [2.05, 4.69) is 20.9 Å². The highest BCUT2D eigenvalue weighted by Gasteiger charge is 2.19. The molecule has 0 radical (unpaired) electrons. The summed E-state index contributed by atoms with van der Waals surface area (Å²) in [5.41, 5.74) is 0.985. The first-order chi connectivity index (χ1) is 9.61. The predicted octanol–water partition coefficient (Wildman–Crippen LogP) is 3.81. The standard InChI is InChI=1S/C14H11BrClNO3/c1-19-10-7-11(15)17-12(14(16)18)13(10)20-8-9-5-3-2-4-6-9/h2-7H,8H2,1H3. The van der Waals surface area contributed by atoms with E-state index < -0.39 is 5.24 Å². The lowest BCUT2D eigenvalue weighted by Gasteiger charge is -2.13. The Morgan fingerprint density at radius 3 is 2.65 bits per heavy atom. The molecule has 6 heteroatoms. The molecule has 1 heterocycles. The van der Waals surface area contributed by atoms with Crippen LogP contribution >= 0.6 is 27.5 Å². The molecule has 0 aliphatic carbocycles. The van der Waals surface area contributed by atoms with E-state index in [1.807, 2.05) is 30.3 Å². The number of rotatable bonds is 5. The van der Waals surface area contributed by atoms with E-state index in [1.54, 1.807) is 6.07 Å². The molecule has 1 aromatic carbocycles. The molecule has 104 valence electrons. The fraction of sp³-hybridized carbons (Fsp3) is 0.143. The van der Waals surface area contributed by atoms with Crippen molar-refractivity contribution in [2.75, 3.05) is 7.11 Å². The van der Waals surface area contributed by atoms with Gasteiger partial charge in [-0.2, -0.15) is 0 Å². The number of hydrogen-bond acceptors (Lipinski definition) is 4. The summed E-state index contributed by atoms with van der Waals surface area (Å²) in [7, 11) is 1.49. The van der Waals surface area contributed by atoms with Crippen LogP contribution in [0.15, 0.2) is 41.0 Å². The first kappa shape index (κ1) is 14.8. The van der Waals surface area contributed by atoms with E-state index in [-0.39, 0.29) is 18.1 Å². The van der Waals surface area contributed by atoms with Gasteiger partial charge in [0.1, 0.15) is 11.2 Å². The van der Waals surface area contributed by atoms with Crippen molar-refractivity contribution in [2.45, 2.75) is 6.61 Å². The zero-order chi connectivity index (χ0) is 14.5. The third-order valence-corrected chi connectivity index (χ3v) is 3.13. The van der Waals surface area contributed by atoms with E-state index in [0.717, 1.165) is 5.56 Å². The maximum atomic E-state index is 11.4. The van der Waals surface area contributed by atoms with Gasteiger partial charge in [-0.3, -0.25) is 4.79 Å². The third kappa shape index (κ3) is 3.49. The Kier molecular flexibility index (Phi) is 4.98. The molecule has 0 unspecified atom stereocenters. The van der Waals surface area contributed by atoms with Gasteiger partial charge in [0.05, 0.1) is 7.11 Å². The topological polar surface area (TPSA) is 48.4 Å². The SMILES string of the molecule is COc1cc(Br)nc(C(=O)Cl)c1OCc1ccccc1. The molecule has 0 bridgehead atoms. The summed E-state index contributed by atoms with van der Waals surface area (Å²) in [6.07, 6.45) is 0. The van der Waals surface area contributed by atoms with Crippen molar-refractivity contribution in [1.29, 1.82) is 0 Å². The minimum Gasteiger partial charge on any atom is -0.493 e. The Bertz CT molecular complexity index is 619. The van der Waals surface area contributed by atoms with Gasteiger partial charge < -0.3 is 9.47 Å². The summed E-state index contributed by atoms with van der Waals surface area (Å²) in [6, 6.07) is 11.2. The number of ether oxygens (including phenoxy) is 2. The molecule has 20 heavy (non-hydrogen) atoms. The molecule has 0 N–H and O–H groups in total. The molecule has 4 nitrogen and oxygen atoms in total. The van der Waals surface area contributed by atoms with Crippen LogP contribution in [0.25, 0.3) is 0 Å². The zero-order valence-electron chi connectivity index (χ0n) is 10.6. The van der Waals surface area contributed by atoms with Crippen LogP contribution < -0.4 is 9.47 Å². The number of methoxy groups -OCH3 is 1. The summed E-state index contributed by atoms with van der Waals surface area (Å²) in [5.74, 6) is 0.631. The molecule has 0 saturated heterocycles. The quantitative estimate of drug-likeness (QED) is 0.604. The second-order valence-corrected chi connectivity index (χ2v) is 5.03. The Balaban J connectivity index is 2.32. The lowest BCUT2D eigenvalue weighted by molar-refractivity contribution is 0.107. The molecule has 0 aliphatic rings. The molecule has 0 aliphatic heterocycles. The summed E-state index contributed by atoms with van der Waals surface area (Å²) < 4.78 is 11.3. The zero-order valence-corrected chi connectivity index (χ0v) is 12.9. The maximum Gasteiger partial charge on any atom is 0.274 e. The van der Waals surface area contributed by atoms with Crippen molar-refractivity contribution < 1.29 is 14.3 Å². The van der Waals surface area contributed by atoms with Crippen LogP contribution in [0.2, 0.25) is 0 Å². The van der Waals surface area contributed by atoms with Gasteiger partial charge in [0.15, 0.2) is 17.2 Å². The first-order valence-corrected chi connectivity index (χ1v) is 6.90. The van der Waals surface area contributed by atoms with Gasteiger partial charge in [0.25, 0.3) is 5.24 Å². The third-order valence-electron chi connectivity index (χ3n) is 2.54. The summed E-state index contributed by atoms with van der Waals surface area (Å²) in [4.78, 5) is 15.5. The van der Waals surface area contributed by atoms with E-state index in [9.17, 15) is 4.79 Å². The second kappa shape index (κ2) is 6.72. The molecule has 0 saturated carbocycles. The van der Waals surface area contributed by atoms with E-state index >= 15 is 0 Å². The van der Waals surface area contributed by atoms with Crippen LogP contribution in [0.4, 0.5) is 0 Å². The van der Waals surface area contributed by atoms with Crippen molar-refractivity contribution in [1.82, 2.24) is 4.98 Å². The lowest BCUT2D eigenvalue weighted by Crippen LogP contribution is -2.05. The van der Waals surface area contributed by atoms with Crippen molar-refractivity contribution in [3.63, 3.8) is 0 Å². The van der Waals surface area contributed by atoms with Gasteiger partial charge in [-0.25, -0.2) is 4.98 Å². The van der Waals surface area contributed by atoms with Crippen LogP contribution in [0.5, 0.6) is 11.5 Å². The van der Waals surface area contributed by atoms with E-state index in [0.29, 0.717) is 10.4 Å². The fourth-order valence-electron chi connectivity index (χ4n) is 1.63. The molecule has 1 aromatic heterocycles. The predicted molar refractivity (Wildman–Crippen MR) is 79.4 cm³/mol. The molecule has 2 rings (SSSR count). The van der Waals surface area contributed by atoms with Crippen LogP contribution in [-0.2, 0) is 6.61 Å². The van der Waals surface area contributed by atoms with Crippen molar-refractivity contribution in [3.8, 4) is 11.5 Å². The number of aromatic nitrogens is 1. The summed E-state index contributed by atoms with van der Waals surface area (Å²) in [5, 5.41) is -0.701. The van der Waals surface area contributed by atoms with Crippen molar-refractivity contribution >= 4 is 32.8 Å². The molecular formula is C14H11BrClNO3. The first-order valence-electron chi connectivity index (χ1n) is 5.73. The van der Waals surface area contributed by atoms with Crippen LogP contribution in [0, 0.1) is 0 Å². The van der Waals surface area contributed by atoms with Crippen LogP contribution in [-0.4, -0.2) is 17.3 Å². The number of halogens is 2. The number of nitrogens with zero attached hydrogens (tertiary/aromatic N) is 1. The van der Waals surface area contributed by atoms with Gasteiger partial charge in [-0.05, 0) is 33.1 Å². The number of carbonyl (C=O) groups excluding carboxylic acids is 1. The van der Waals surface area contributed by atoms with E-state index in [1.165, 1.54) is 7.11 Å². The van der Waals surface area contributed by atoms with Crippen molar-refractivity contribution in [2.24, 2.45) is 0 Å². The molecule has 0 fully saturated rings. The maximum absolute atomic E-state index is 11.4. The highest BCUT2D eigenvalue weighted by atomic mass is 79.9. The monoisotopic (exact) mass is 355 g/mol. The highest BCUT2D eigenvalue weighted by molar-refractivity contribution is 9.10. The van der Waals surface area contributed by atoms with Gasteiger partial charge in [0, 0.05) is 6.07 Å². The molecular weight excluding hydrogens is 346 g/mol. The Morgan fingerprint density at radius 1 is 1.35 bits per heavy atom. The molecule has 2 aromatic rings. The van der Waals surface area contributed by atoms with Gasteiger partial charge in [-0.15, -0.1) is 0 Å². The Morgan fingerprint density at radius 2 is 2.05 bits per heavy atom.